The van der Waals surface area contributed by atoms with E-state index in [1.807, 2.05) is 6.20 Å². The molecule has 4 heteroatoms. The summed E-state index contributed by atoms with van der Waals surface area (Å²) in [6.07, 6.45) is 4.61. The standard InChI is InChI=1S/C8H13N4/c1-3-12(4-2-9-1)6-8-5-10-7-11-8/h5,9H,1-4,6H2,(H,10,11). The van der Waals surface area contributed by atoms with Gasteiger partial charge in [0.15, 0.2) is 6.33 Å². The van der Waals surface area contributed by atoms with E-state index in [1.165, 1.54) is 0 Å². The number of H-pyrrole nitrogens is 1. The normalized spacial score (nSPS) is 19.7. The molecule has 0 aliphatic carbocycles. The fourth-order valence-corrected chi connectivity index (χ4v) is 1.43. The minimum atomic E-state index is 0.946. The van der Waals surface area contributed by atoms with E-state index in [-0.39, 0.29) is 0 Å². The molecule has 2 N–H and O–H groups in total. The molecule has 65 valence electrons. The molecule has 2 heterocycles. The van der Waals surface area contributed by atoms with Crippen molar-refractivity contribution in [1.82, 2.24) is 20.2 Å². The predicted molar refractivity (Wildman–Crippen MR) is 45.6 cm³/mol. The number of nitrogens with one attached hydrogen (secondary N) is 2. The first-order valence-corrected chi connectivity index (χ1v) is 4.28. The summed E-state index contributed by atoms with van der Waals surface area (Å²) in [5.41, 5.74) is 1.08. The third kappa shape index (κ3) is 1.84. The van der Waals surface area contributed by atoms with Crippen LogP contribution in [0.15, 0.2) is 6.20 Å². The molecule has 12 heavy (non-hydrogen) atoms. The molecule has 0 aromatic carbocycles. The summed E-state index contributed by atoms with van der Waals surface area (Å²) in [7, 11) is 0. The zero-order chi connectivity index (χ0) is 8.23. The second kappa shape index (κ2) is 3.69. The molecular formula is C8H13N4. The van der Waals surface area contributed by atoms with E-state index < -0.39 is 0 Å². The number of nitrogens with zero attached hydrogens (tertiary/aromatic N) is 2. The SMILES string of the molecule is [c]1nc(CN2CCNCC2)c[nH]1. The van der Waals surface area contributed by atoms with E-state index in [4.69, 9.17) is 0 Å². The highest BCUT2D eigenvalue weighted by Crippen LogP contribution is 2.00. The van der Waals surface area contributed by atoms with Crippen molar-refractivity contribution in [2.24, 2.45) is 0 Å². The Morgan fingerprint density at radius 2 is 2.33 bits per heavy atom. The van der Waals surface area contributed by atoms with Crippen LogP contribution in [-0.4, -0.2) is 41.0 Å². The molecular weight excluding hydrogens is 152 g/mol. The van der Waals surface area contributed by atoms with Gasteiger partial charge in [0, 0.05) is 38.9 Å². The van der Waals surface area contributed by atoms with Gasteiger partial charge in [-0.1, -0.05) is 0 Å². The van der Waals surface area contributed by atoms with Gasteiger partial charge in [-0.15, -0.1) is 0 Å². The summed E-state index contributed by atoms with van der Waals surface area (Å²) in [4.78, 5) is 9.30. The van der Waals surface area contributed by atoms with Crippen molar-refractivity contribution in [3.8, 4) is 0 Å². The Morgan fingerprint density at radius 3 is 3.00 bits per heavy atom. The van der Waals surface area contributed by atoms with Crippen LogP contribution in [0.4, 0.5) is 0 Å². The molecule has 1 radical (unpaired) electrons. The molecule has 4 nitrogen and oxygen atoms in total. The second-order valence-corrected chi connectivity index (χ2v) is 3.03. The van der Waals surface area contributed by atoms with Crippen molar-refractivity contribution in [3.05, 3.63) is 18.2 Å². The molecule has 1 aliphatic rings. The third-order valence-electron chi connectivity index (χ3n) is 2.10. The van der Waals surface area contributed by atoms with Crippen molar-refractivity contribution < 1.29 is 0 Å². The molecule has 1 saturated heterocycles. The fraction of sp³-hybridized carbons (Fsp3) is 0.625. The molecule has 1 aliphatic heterocycles. The Hall–Kier alpha value is -0.870. The lowest BCUT2D eigenvalue weighted by atomic mass is 10.3. The van der Waals surface area contributed by atoms with Crippen molar-refractivity contribution >= 4 is 0 Å². The predicted octanol–water partition coefficient (Wildman–Crippen LogP) is -0.385. The summed E-state index contributed by atoms with van der Waals surface area (Å²) in [6.45, 7) is 5.36. The fourth-order valence-electron chi connectivity index (χ4n) is 1.43. The first kappa shape index (κ1) is 7.76. The maximum Gasteiger partial charge on any atom is 0.173 e. The van der Waals surface area contributed by atoms with Crippen LogP contribution in [0.2, 0.25) is 0 Å². The number of aromatic nitrogens is 2. The number of rotatable bonds is 2. The lowest BCUT2D eigenvalue weighted by Gasteiger charge is -2.26. The first-order valence-electron chi connectivity index (χ1n) is 4.28. The monoisotopic (exact) mass is 165 g/mol. The number of aromatic amines is 1. The Bertz CT molecular complexity index is 213. The smallest absolute Gasteiger partial charge is 0.173 e. The van der Waals surface area contributed by atoms with Gasteiger partial charge >= 0.3 is 0 Å². The molecule has 0 amide bonds. The molecule has 1 fully saturated rings. The molecule has 0 atom stereocenters. The maximum absolute atomic E-state index is 4.07. The van der Waals surface area contributed by atoms with E-state index in [2.05, 4.69) is 26.5 Å². The minimum Gasteiger partial charge on any atom is -0.342 e. The van der Waals surface area contributed by atoms with Gasteiger partial charge in [-0.3, -0.25) is 4.90 Å². The lowest BCUT2D eigenvalue weighted by Crippen LogP contribution is -2.42. The van der Waals surface area contributed by atoms with Crippen LogP contribution < -0.4 is 5.32 Å². The Morgan fingerprint density at radius 1 is 1.50 bits per heavy atom. The van der Waals surface area contributed by atoms with Crippen molar-refractivity contribution in [3.63, 3.8) is 0 Å². The Kier molecular flexibility index (Phi) is 2.39. The number of hydrogen-bond donors (Lipinski definition) is 2. The average Bonchev–Trinajstić information content (AvgIpc) is 2.59. The van der Waals surface area contributed by atoms with E-state index >= 15 is 0 Å². The van der Waals surface area contributed by atoms with E-state index in [1.54, 1.807) is 0 Å². The Labute approximate surface area is 72.0 Å². The molecule has 1 aromatic rings. The number of imidazole rings is 1. The molecule has 1 aromatic heterocycles. The second-order valence-electron chi connectivity index (χ2n) is 3.03. The number of hydrogen-bond acceptors (Lipinski definition) is 3. The van der Waals surface area contributed by atoms with Gasteiger partial charge in [0.1, 0.15) is 0 Å². The van der Waals surface area contributed by atoms with Crippen LogP contribution in [0, 0.1) is 6.33 Å². The van der Waals surface area contributed by atoms with Gasteiger partial charge in [0.2, 0.25) is 0 Å². The molecule has 2 rings (SSSR count). The largest absolute Gasteiger partial charge is 0.342 e. The minimum absolute atomic E-state index is 0.946. The zero-order valence-corrected chi connectivity index (χ0v) is 7.01. The topological polar surface area (TPSA) is 44.0 Å². The summed E-state index contributed by atoms with van der Waals surface area (Å²) < 4.78 is 0. The van der Waals surface area contributed by atoms with Crippen LogP contribution in [0.25, 0.3) is 0 Å². The van der Waals surface area contributed by atoms with E-state index in [0.717, 1.165) is 38.4 Å². The summed E-state index contributed by atoms with van der Waals surface area (Å²) in [5.74, 6) is 0. The molecule has 0 bridgehead atoms. The van der Waals surface area contributed by atoms with Crippen LogP contribution in [0.5, 0.6) is 0 Å². The quantitative estimate of drug-likeness (QED) is 0.627. The number of piperazine rings is 1. The first-order chi connectivity index (χ1) is 5.95. The van der Waals surface area contributed by atoms with E-state index in [0.29, 0.717) is 0 Å². The highest BCUT2D eigenvalue weighted by molar-refractivity contribution is 4.93. The van der Waals surface area contributed by atoms with Gasteiger partial charge in [0.25, 0.3) is 0 Å². The van der Waals surface area contributed by atoms with Crippen LogP contribution in [-0.2, 0) is 6.54 Å². The van der Waals surface area contributed by atoms with Crippen LogP contribution >= 0.6 is 0 Å². The highest BCUT2D eigenvalue weighted by Gasteiger charge is 2.09. The summed E-state index contributed by atoms with van der Waals surface area (Å²) >= 11 is 0. The van der Waals surface area contributed by atoms with Gasteiger partial charge < -0.3 is 10.3 Å². The molecule has 0 saturated carbocycles. The summed E-state index contributed by atoms with van der Waals surface area (Å²) in [5, 5.41) is 3.32. The maximum atomic E-state index is 4.07. The lowest BCUT2D eigenvalue weighted by molar-refractivity contribution is 0.231. The average molecular weight is 165 g/mol. The van der Waals surface area contributed by atoms with Gasteiger partial charge in [0.05, 0.1) is 5.69 Å². The zero-order valence-electron chi connectivity index (χ0n) is 7.01. The van der Waals surface area contributed by atoms with Crippen LogP contribution in [0.3, 0.4) is 0 Å². The Balaban J connectivity index is 1.86. The van der Waals surface area contributed by atoms with Crippen molar-refractivity contribution in [2.75, 3.05) is 26.2 Å². The van der Waals surface area contributed by atoms with Gasteiger partial charge in [-0.05, 0) is 0 Å². The molecule has 0 spiro atoms. The highest BCUT2D eigenvalue weighted by atomic mass is 15.2. The third-order valence-corrected chi connectivity index (χ3v) is 2.10. The summed E-state index contributed by atoms with van der Waals surface area (Å²) in [6, 6.07) is 0. The van der Waals surface area contributed by atoms with Crippen LogP contribution in [0.1, 0.15) is 5.69 Å². The molecule has 0 unspecified atom stereocenters. The van der Waals surface area contributed by atoms with Crippen molar-refractivity contribution in [2.45, 2.75) is 6.54 Å². The van der Waals surface area contributed by atoms with Crippen molar-refractivity contribution in [1.29, 1.82) is 0 Å². The van der Waals surface area contributed by atoms with Gasteiger partial charge in [-0.25, -0.2) is 4.98 Å². The van der Waals surface area contributed by atoms with Gasteiger partial charge in [-0.2, -0.15) is 0 Å². The van der Waals surface area contributed by atoms with E-state index in [9.17, 15) is 0 Å².